The van der Waals surface area contributed by atoms with E-state index in [1.807, 2.05) is 24.6 Å². The number of hydrogen-bond donors (Lipinski definition) is 4. The highest BCUT2D eigenvalue weighted by Gasteiger charge is 2.06. The van der Waals surface area contributed by atoms with Gasteiger partial charge in [0.25, 0.3) is 0 Å². The van der Waals surface area contributed by atoms with Crippen LogP contribution in [0.4, 0.5) is 0 Å². The standard InChI is InChI=1S/C17H20N4S/c1-19-7-6-13-11-20-15-5-4-12(9-14(13)15)10-21-17(18)16-3-2-8-22-16/h2-5,8-9,11,19-20H,6-7,10H2,1H3,(H2,18,21). The molecule has 0 radical (unpaired) electrons. The SMILES string of the molecule is CNCCc1c[nH]c2ccc(CNC(=N)c3cccs3)cc12. The second-order valence-corrected chi connectivity index (χ2v) is 6.20. The number of rotatable bonds is 6. The normalized spacial score (nSPS) is 11.0. The molecule has 3 rings (SSSR count). The van der Waals surface area contributed by atoms with E-state index in [4.69, 9.17) is 5.41 Å². The van der Waals surface area contributed by atoms with Crippen LogP contribution < -0.4 is 10.6 Å². The minimum atomic E-state index is 0.486. The summed E-state index contributed by atoms with van der Waals surface area (Å²) in [5.41, 5.74) is 3.70. The predicted octanol–water partition coefficient (Wildman–Crippen LogP) is 3.11. The Morgan fingerprint density at radius 1 is 1.32 bits per heavy atom. The lowest BCUT2D eigenvalue weighted by molar-refractivity contribution is 0.794. The molecule has 0 spiro atoms. The number of thiophene rings is 1. The van der Waals surface area contributed by atoms with Crippen molar-refractivity contribution in [3.05, 3.63) is 57.9 Å². The molecule has 114 valence electrons. The molecule has 2 aromatic heterocycles. The zero-order chi connectivity index (χ0) is 15.4. The van der Waals surface area contributed by atoms with Crippen molar-refractivity contribution in [3.63, 3.8) is 0 Å². The van der Waals surface area contributed by atoms with Crippen molar-refractivity contribution in [2.24, 2.45) is 0 Å². The fraction of sp³-hybridized carbons (Fsp3) is 0.235. The van der Waals surface area contributed by atoms with Crippen LogP contribution in [-0.4, -0.2) is 24.4 Å². The van der Waals surface area contributed by atoms with E-state index in [9.17, 15) is 0 Å². The van der Waals surface area contributed by atoms with Gasteiger partial charge in [-0.2, -0.15) is 0 Å². The predicted molar refractivity (Wildman–Crippen MR) is 93.9 cm³/mol. The Morgan fingerprint density at radius 2 is 2.23 bits per heavy atom. The average Bonchev–Trinajstić information content (AvgIpc) is 3.20. The quantitative estimate of drug-likeness (QED) is 0.417. The number of fused-ring (bicyclic) bond motifs is 1. The van der Waals surface area contributed by atoms with Gasteiger partial charge in [-0.15, -0.1) is 11.3 Å². The number of hydrogen-bond acceptors (Lipinski definition) is 3. The van der Waals surface area contributed by atoms with Crippen molar-refractivity contribution in [1.29, 1.82) is 5.41 Å². The summed E-state index contributed by atoms with van der Waals surface area (Å²) in [6.07, 6.45) is 3.10. The lowest BCUT2D eigenvalue weighted by Crippen LogP contribution is -2.21. The Hall–Kier alpha value is -2.11. The number of aromatic nitrogens is 1. The lowest BCUT2D eigenvalue weighted by Gasteiger charge is -2.07. The third-order valence-corrected chi connectivity index (χ3v) is 4.60. The van der Waals surface area contributed by atoms with Gasteiger partial charge in [0.05, 0.1) is 4.88 Å². The fourth-order valence-electron chi connectivity index (χ4n) is 2.50. The van der Waals surface area contributed by atoms with Gasteiger partial charge in [-0.25, -0.2) is 0 Å². The molecule has 22 heavy (non-hydrogen) atoms. The Kier molecular flexibility index (Phi) is 4.56. The molecule has 0 aliphatic carbocycles. The maximum atomic E-state index is 8.05. The minimum absolute atomic E-state index is 0.486. The first-order valence-electron chi connectivity index (χ1n) is 7.37. The third-order valence-electron chi connectivity index (χ3n) is 3.71. The zero-order valence-corrected chi connectivity index (χ0v) is 13.4. The number of likely N-dealkylation sites (N-methyl/N-ethyl adjacent to an activating group) is 1. The second-order valence-electron chi connectivity index (χ2n) is 5.25. The molecule has 0 aliphatic rings. The highest BCUT2D eigenvalue weighted by atomic mass is 32.1. The van der Waals surface area contributed by atoms with Crippen LogP contribution in [-0.2, 0) is 13.0 Å². The Balaban J connectivity index is 1.72. The molecule has 1 aromatic carbocycles. The topological polar surface area (TPSA) is 63.7 Å². The van der Waals surface area contributed by atoms with Crippen LogP contribution >= 0.6 is 11.3 Å². The summed E-state index contributed by atoms with van der Waals surface area (Å²) in [5, 5.41) is 17.7. The van der Waals surface area contributed by atoms with E-state index in [0.717, 1.165) is 17.8 Å². The molecule has 0 bridgehead atoms. The van der Waals surface area contributed by atoms with Crippen LogP contribution in [0.2, 0.25) is 0 Å². The van der Waals surface area contributed by atoms with Crippen LogP contribution in [0, 0.1) is 5.41 Å². The zero-order valence-electron chi connectivity index (χ0n) is 12.6. The molecule has 0 saturated carbocycles. The Bertz CT molecular complexity index is 758. The minimum Gasteiger partial charge on any atom is -0.365 e. The van der Waals surface area contributed by atoms with E-state index in [1.165, 1.54) is 22.0 Å². The number of aromatic amines is 1. The van der Waals surface area contributed by atoms with E-state index in [0.29, 0.717) is 12.4 Å². The molecule has 4 nitrogen and oxygen atoms in total. The van der Waals surface area contributed by atoms with Crippen LogP contribution in [0.1, 0.15) is 16.0 Å². The smallest absolute Gasteiger partial charge is 0.135 e. The van der Waals surface area contributed by atoms with Crippen molar-refractivity contribution >= 4 is 28.1 Å². The van der Waals surface area contributed by atoms with Crippen molar-refractivity contribution < 1.29 is 0 Å². The van der Waals surface area contributed by atoms with Gasteiger partial charge in [0.15, 0.2) is 0 Å². The maximum Gasteiger partial charge on any atom is 0.135 e. The lowest BCUT2D eigenvalue weighted by atomic mass is 10.1. The van der Waals surface area contributed by atoms with Gasteiger partial charge in [0, 0.05) is 23.6 Å². The highest BCUT2D eigenvalue weighted by molar-refractivity contribution is 7.12. The van der Waals surface area contributed by atoms with Crippen molar-refractivity contribution in [2.75, 3.05) is 13.6 Å². The summed E-state index contributed by atoms with van der Waals surface area (Å²) in [6, 6.07) is 10.4. The number of benzene rings is 1. The van der Waals surface area contributed by atoms with Crippen LogP contribution in [0.25, 0.3) is 10.9 Å². The summed E-state index contributed by atoms with van der Waals surface area (Å²) in [7, 11) is 1.97. The molecule has 0 fully saturated rings. The monoisotopic (exact) mass is 312 g/mol. The maximum absolute atomic E-state index is 8.05. The fourth-order valence-corrected chi connectivity index (χ4v) is 3.15. The molecule has 3 aromatic rings. The van der Waals surface area contributed by atoms with Gasteiger partial charge in [0.1, 0.15) is 5.84 Å². The van der Waals surface area contributed by atoms with E-state index in [-0.39, 0.29) is 0 Å². The molecule has 0 aliphatic heterocycles. The molecular formula is C17H20N4S. The van der Waals surface area contributed by atoms with Gasteiger partial charge in [-0.1, -0.05) is 12.1 Å². The van der Waals surface area contributed by atoms with E-state index >= 15 is 0 Å². The summed E-state index contributed by atoms with van der Waals surface area (Å²) in [4.78, 5) is 4.29. The van der Waals surface area contributed by atoms with Crippen molar-refractivity contribution in [1.82, 2.24) is 15.6 Å². The first-order valence-corrected chi connectivity index (χ1v) is 8.25. The van der Waals surface area contributed by atoms with E-state index in [1.54, 1.807) is 11.3 Å². The van der Waals surface area contributed by atoms with Crippen molar-refractivity contribution in [3.8, 4) is 0 Å². The molecule has 0 unspecified atom stereocenters. The molecule has 5 heteroatoms. The first-order chi connectivity index (χ1) is 10.8. The molecular weight excluding hydrogens is 292 g/mol. The molecule has 2 heterocycles. The number of amidine groups is 1. The van der Waals surface area contributed by atoms with Gasteiger partial charge in [-0.05, 0) is 54.7 Å². The highest BCUT2D eigenvalue weighted by Crippen LogP contribution is 2.20. The van der Waals surface area contributed by atoms with Gasteiger partial charge in [0.2, 0.25) is 0 Å². The van der Waals surface area contributed by atoms with E-state index in [2.05, 4.69) is 40.0 Å². The number of H-pyrrole nitrogens is 1. The molecule has 0 atom stereocenters. The molecule has 0 amide bonds. The number of nitrogens with one attached hydrogen (secondary N) is 4. The summed E-state index contributed by atoms with van der Waals surface area (Å²) >= 11 is 1.58. The second kappa shape index (κ2) is 6.77. The summed E-state index contributed by atoms with van der Waals surface area (Å²) < 4.78 is 0. The van der Waals surface area contributed by atoms with Crippen LogP contribution in [0.3, 0.4) is 0 Å². The average molecular weight is 312 g/mol. The first kappa shape index (κ1) is 14.8. The Labute approximate surface area is 134 Å². The molecule has 0 saturated heterocycles. The van der Waals surface area contributed by atoms with Crippen LogP contribution in [0.15, 0.2) is 41.9 Å². The van der Waals surface area contributed by atoms with Crippen molar-refractivity contribution in [2.45, 2.75) is 13.0 Å². The van der Waals surface area contributed by atoms with E-state index < -0.39 is 0 Å². The van der Waals surface area contributed by atoms with Crippen LogP contribution in [0.5, 0.6) is 0 Å². The summed E-state index contributed by atoms with van der Waals surface area (Å²) in [5.74, 6) is 0.486. The van der Waals surface area contributed by atoms with Gasteiger partial charge < -0.3 is 15.6 Å². The largest absolute Gasteiger partial charge is 0.365 e. The van der Waals surface area contributed by atoms with Gasteiger partial charge in [-0.3, -0.25) is 5.41 Å². The Morgan fingerprint density at radius 3 is 3.00 bits per heavy atom. The molecule has 4 N–H and O–H groups in total. The third kappa shape index (κ3) is 3.21. The van der Waals surface area contributed by atoms with Gasteiger partial charge >= 0.3 is 0 Å². The summed E-state index contributed by atoms with van der Waals surface area (Å²) in [6.45, 7) is 1.64.